The van der Waals surface area contributed by atoms with Crippen LogP contribution in [0.2, 0.25) is 0 Å². The predicted molar refractivity (Wildman–Crippen MR) is 130 cm³/mol. The van der Waals surface area contributed by atoms with E-state index >= 15 is 0 Å². The largest absolute Gasteiger partial charge is 0.434 e. The van der Waals surface area contributed by atoms with E-state index < -0.39 is 17.4 Å². The highest BCUT2D eigenvalue weighted by molar-refractivity contribution is 5.93. The number of hydrogen-bond acceptors (Lipinski definition) is 7. The summed E-state index contributed by atoms with van der Waals surface area (Å²) < 4.78 is 40.2. The highest BCUT2D eigenvalue weighted by atomic mass is 19.4. The molecule has 36 heavy (non-hydrogen) atoms. The molecule has 0 bridgehead atoms. The van der Waals surface area contributed by atoms with Gasteiger partial charge in [-0.15, -0.1) is 5.10 Å². The molecule has 2 aromatic heterocycles. The summed E-state index contributed by atoms with van der Waals surface area (Å²) in [7, 11) is 0. The quantitative estimate of drug-likeness (QED) is 0.378. The molecule has 1 fully saturated rings. The van der Waals surface area contributed by atoms with Crippen LogP contribution >= 0.6 is 0 Å². The molecule has 1 saturated heterocycles. The number of hydrogen-bond donors (Lipinski definition) is 0. The third-order valence-electron chi connectivity index (χ3n) is 6.34. The van der Waals surface area contributed by atoms with Gasteiger partial charge < -0.3 is 9.80 Å². The van der Waals surface area contributed by atoms with Crippen molar-refractivity contribution in [3.05, 3.63) is 83.3 Å². The summed E-state index contributed by atoms with van der Waals surface area (Å²) in [6.07, 6.45) is -3.02. The summed E-state index contributed by atoms with van der Waals surface area (Å²) in [5.74, 6) is 0.691. The van der Waals surface area contributed by atoms with Crippen molar-refractivity contribution in [2.24, 2.45) is 0 Å². The first-order chi connectivity index (χ1) is 17.3. The van der Waals surface area contributed by atoms with Gasteiger partial charge in [-0.25, -0.2) is 9.97 Å². The van der Waals surface area contributed by atoms with Crippen LogP contribution in [0.5, 0.6) is 0 Å². The van der Waals surface area contributed by atoms with Crippen molar-refractivity contribution >= 4 is 28.8 Å². The summed E-state index contributed by atoms with van der Waals surface area (Å²) in [6, 6.07) is 17.9. The number of benzene rings is 2. The maximum atomic E-state index is 13.4. The van der Waals surface area contributed by atoms with E-state index in [9.17, 15) is 18.0 Å². The Kier molecular flexibility index (Phi) is 6.26. The number of anilines is 2. The maximum Gasteiger partial charge on any atom is 0.434 e. The topological polar surface area (TPSA) is 75.1 Å². The fourth-order valence-electron chi connectivity index (χ4n) is 4.58. The molecule has 0 saturated carbocycles. The van der Waals surface area contributed by atoms with Crippen LogP contribution in [0.3, 0.4) is 0 Å². The molecule has 0 radical (unpaired) electrons. The minimum absolute atomic E-state index is 0.0470. The van der Waals surface area contributed by atoms with Crippen molar-refractivity contribution in [1.82, 2.24) is 20.2 Å². The molecule has 0 amide bonds. The van der Waals surface area contributed by atoms with Crippen molar-refractivity contribution < 1.29 is 18.0 Å². The monoisotopic (exact) mass is 492 g/mol. The number of halogens is 3. The second kappa shape index (κ2) is 9.52. The number of alkyl halides is 3. The van der Waals surface area contributed by atoms with Crippen LogP contribution < -0.4 is 9.80 Å². The van der Waals surface area contributed by atoms with Crippen molar-refractivity contribution in [2.75, 3.05) is 29.4 Å². The van der Waals surface area contributed by atoms with Gasteiger partial charge in [0.05, 0.1) is 11.3 Å². The van der Waals surface area contributed by atoms with E-state index in [1.165, 1.54) is 0 Å². The van der Waals surface area contributed by atoms with Gasteiger partial charge in [-0.2, -0.15) is 18.3 Å². The number of aromatic nitrogens is 4. The van der Waals surface area contributed by atoms with Gasteiger partial charge in [0.2, 0.25) is 5.95 Å². The zero-order valence-corrected chi connectivity index (χ0v) is 19.5. The molecule has 0 aliphatic carbocycles. The number of carbonyl (C=O) groups is 1. The minimum Gasteiger partial charge on any atom is -0.351 e. The van der Waals surface area contributed by atoms with Crippen LogP contribution in [0.25, 0.3) is 10.8 Å². The molecule has 1 unspecified atom stereocenters. The highest BCUT2D eigenvalue weighted by Gasteiger charge is 2.37. The summed E-state index contributed by atoms with van der Waals surface area (Å²) >= 11 is 0. The number of rotatable bonds is 5. The van der Waals surface area contributed by atoms with E-state index in [2.05, 4.69) is 37.2 Å². The zero-order valence-electron chi connectivity index (χ0n) is 19.5. The highest BCUT2D eigenvalue weighted by Crippen LogP contribution is 2.32. The van der Waals surface area contributed by atoms with Gasteiger partial charge in [-0.05, 0) is 12.5 Å². The molecule has 1 atom stereocenters. The number of carbonyl (C=O) groups excluding carboxylic acids is 1. The summed E-state index contributed by atoms with van der Waals surface area (Å²) in [5.41, 5.74) is 0.235. The molecule has 7 nitrogen and oxygen atoms in total. The molecule has 0 spiro atoms. The smallest absolute Gasteiger partial charge is 0.351 e. The number of fused-ring (bicyclic) bond motifs is 1. The Morgan fingerprint density at radius 3 is 2.42 bits per heavy atom. The average molecular weight is 493 g/mol. The van der Waals surface area contributed by atoms with Crippen LogP contribution in [-0.4, -0.2) is 52.1 Å². The van der Waals surface area contributed by atoms with Gasteiger partial charge in [-0.1, -0.05) is 54.6 Å². The second-order valence-corrected chi connectivity index (χ2v) is 8.76. The van der Waals surface area contributed by atoms with Crippen LogP contribution in [-0.2, 0) is 12.6 Å². The summed E-state index contributed by atoms with van der Waals surface area (Å²) in [6.45, 7) is 3.29. The number of piperazine rings is 1. The Labute approximate surface area is 205 Å². The third kappa shape index (κ3) is 4.58. The van der Waals surface area contributed by atoms with Crippen molar-refractivity contribution in [1.29, 1.82) is 0 Å². The van der Waals surface area contributed by atoms with E-state index in [4.69, 9.17) is 0 Å². The normalized spacial score (nSPS) is 16.4. The van der Waals surface area contributed by atoms with E-state index in [1.54, 1.807) is 4.90 Å². The Morgan fingerprint density at radius 1 is 1.00 bits per heavy atom. The lowest BCUT2D eigenvalue weighted by Gasteiger charge is -2.40. The Morgan fingerprint density at radius 2 is 1.72 bits per heavy atom. The van der Waals surface area contributed by atoms with Crippen LogP contribution in [0.1, 0.15) is 34.2 Å². The third-order valence-corrected chi connectivity index (χ3v) is 6.34. The lowest BCUT2D eigenvalue weighted by molar-refractivity contribution is -0.141. The predicted octanol–water partition coefficient (Wildman–Crippen LogP) is 4.56. The second-order valence-electron chi connectivity index (χ2n) is 8.76. The fourth-order valence-corrected chi connectivity index (χ4v) is 4.58. The number of nitrogens with zero attached hydrogens (tertiary/aromatic N) is 6. The van der Waals surface area contributed by atoms with E-state index in [-0.39, 0.29) is 18.3 Å². The molecule has 3 heterocycles. The first-order valence-electron chi connectivity index (χ1n) is 11.5. The minimum atomic E-state index is -4.74. The fraction of sp³-hybridized carbons (Fsp3) is 0.269. The van der Waals surface area contributed by atoms with E-state index in [1.807, 2.05) is 49.4 Å². The maximum absolute atomic E-state index is 13.4. The van der Waals surface area contributed by atoms with Crippen LogP contribution in [0.4, 0.5) is 24.9 Å². The van der Waals surface area contributed by atoms with Gasteiger partial charge in [0.25, 0.3) is 0 Å². The van der Waals surface area contributed by atoms with Gasteiger partial charge >= 0.3 is 6.18 Å². The molecule has 1 aliphatic heterocycles. The molecule has 4 aromatic rings. The number of aldehydes is 1. The molecular weight excluding hydrogens is 469 g/mol. The lowest BCUT2D eigenvalue weighted by Crippen LogP contribution is -2.53. The lowest BCUT2D eigenvalue weighted by atomic mass is 10.0. The Bertz CT molecular complexity index is 1400. The van der Waals surface area contributed by atoms with Crippen molar-refractivity contribution in [3.8, 4) is 0 Å². The molecule has 10 heteroatoms. The molecule has 0 N–H and O–H groups in total. The van der Waals surface area contributed by atoms with Crippen LogP contribution in [0, 0.1) is 0 Å². The Balaban J connectivity index is 1.41. The first kappa shape index (κ1) is 23.7. The van der Waals surface area contributed by atoms with Gasteiger partial charge in [-0.3, -0.25) is 4.79 Å². The summed E-state index contributed by atoms with van der Waals surface area (Å²) in [4.78, 5) is 22.6. The molecule has 2 aromatic carbocycles. The Hall–Kier alpha value is -4.08. The molecule has 5 rings (SSSR count). The van der Waals surface area contributed by atoms with Crippen molar-refractivity contribution in [3.63, 3.8) is 0 Å². The molecule has 184 valence electrons. The SMILES string of the molecule is CC1CN(c2nnc(Cc3ccccc3)c3ccccc23)CCN1c1ncc(C=O)c(C(F)(F)F)n1. The summed E-state index contributed by atoms with van der Waals surface area (Å²) in [5, 5.41) is 11.1. The van der Waals surface area contributed by atoms with Crippen molar-refractivity contribution in [2.45, 2.75) is 25.6 Å². The van der Waals surface area contributed by atoms with E-state index in [0.717, 1.165) is 34.0 Å². The van der Waals surface area contributed by atoms with Gasteiger partial charge in [0.1, 0.15) is 0 Å². The van der Waals surface area contributed by atoms with Gasteiger partial charge in [0, 0.05) is 49.1 Å². The zero-order chi connectivity index (χ0) is 25.3. The van der Waals surface area contributed by atoms with Crippen LogP contribution in [0.15, 0.2) is 60.8 Å². The van der Waals surface area contributed by atoms with E-state index in [0.29, 0.717) is 26.1 Å². The standard InChI is InChI=1S/C26H23F3N6O/c1-17-15-34(11-12-35(17)25-30-14-19(16-36)23(31-25)26(27,28)29)24-21-10-6-5-9-20(21)22(32-33-24)13-18-7-3-2-4-8-18/h2-10,14,16-17H,11-13,15H2,1H3. The van der Waals surface area contributed by atoms with Gasteiger partial charge in [0.15, 0.2) is 17.8 Å². The molecule has 1 aliphatic rings. The average Bonchev–Trinajstić information content (AvgIpc) is 2.88. The molecular formula is C26H23F3N6O. The first-order valence-corrected chi connectivity index (χ1v) is 11.5.